The molecule has 1 aliphatic rings. The van der Waals surface area contributed by atoms with Crippen molar-refractivity contribution in [2.75, 3.05) is 5.32 Å². The topological polar surface area (TPSA) is 42.0 Å². The molecule has 0 saturated carbocycles. The number of para-hydroxylation sites is 1. The zero-order valence-electron chi connectivity index (χ0n) is 13.4. The molecule has 0 unspecified atom stereocenters. The van der Waals surface area contributed by atoms with Gasteiger partial charge < -0.3 is 5.32 Å². The van der Waals surface area contributed by atoms with Gasteiger partial charge in [-0.15, -0.1) is 0 Å². The molecule has 1 amide bonds. The van der Waals surface area contributed by atoms with Crippen molar-refractivity contribution in [3.05, 3.63) is 69.9 Å². The van der Waals surface area contributed by atoms with E-state index in [1.807, 2.05) is 49.4 Å². The molecule has 4 heteroatoms. The number of hydrogen-bond donors (Lipinski definition) is 1. The standard InChI is InChI=1S/C20H17ClN2O/c1-12-9-10-18(15(21)11-12)23-20(24)19-13-5-2-3-7-16(13)22-17-8-4-6-14(17)19/h2-3,5,7,9-11H,4,6,8H2,1H3,(H,23,24). The number of pyridine rings is 1. The van der Waals surface area contributed by atoms with Gasteiger partial charge >= 0.3 is 0 Å². The molecule has 24 heavy (non-hydrogen) atoms. The number of nitrogens with one attached hydrogen (secondary N) is 1. The molecule has 0 spiro atoms. The number of benzene rings is 2. The van der Waals surface area contributed by atoms with Crippen molar-refractivity contribution in [3.8, 4) is 0 Å². The van der Waals surface area contributed by atoms with Gasteiger partial charge in [0.25, 0.3) is 5.91 Å². The van der Waals surface area contributed by atoms with E-state index in [0.29, 0.717) is 10.7 Å². The van der Waals surface area contributed by atoms with E-state index in [9.17, 15) is 4.79 Å². The number of rotatable bonds is 2. The monoisotopic (exact) mass is 336 g/mol. The third kappa shape index (κ3) is 2.55. The van der Waals surface area contributed by atoms with Crippen LogP contribution < -0.4 is 5.32 Å². The second-order valence-electron chi connectivity index (χ2n) is 6.22. The third-order valence-corrected chi connectivity index (χ3v) is 4.83. The number of anilines is 1. The predicted octanol–water partition coefficient (Wildman–Crippen LogP) is 4.94. The molecule has 4 rings (SSSR count). The normalized spacial score (nSPS) is 13.1. The van der Waals surface area contributed by atoms with E-state index in [4.69, 9.17) is 16.6 Å². The number of carbonyl (C=O) groups excluding carboxylic acids is 1. The largest absolute Gasteiger partial charge is 0.321 e. The maximum absolute atomic E-state index is 13.0. The predicted molar refractivity (Wildman–Crippen MR) is 97.9 cm³/mol. The molecule has 3 nitrogen and oxygen atoms in total. The van der Waals surface area contributed by atoms with Gasteiger partial charge in [-0.25, -0.2) is 0 Å². The summed E-state index contributed by atoms with van der Waals surface area (Å²) in [7, 11) is 0. The number of aryl methyl sites for hydroxylation is 2. The van der Waals surface area contributed by atoms with Gasteiger partial charge in [0.2, 0.25) is 0 Å². The Balaban J connectivity index is 1.82. The van der Waals surface area contributed by atoms with Crippen molar-refractivity contribution in [2.24, 2.45) is 0 Å². The Bertz CT molecular complexity index is 965. The lowest BCUT2D eigenvalue weighted by Gasteiger charge is -2.13. The van der Waals surface area contributed by atoms with E-state index in [0.717, 1.165) is 52.5 Å². The Morgan fingerprint density at radius 2 is 2.00 bits per heavy atom. The first-order chi connectivity index (χ1) is 11.6. The van der Waals surface area contributed by atoms with Gasteiger partial charge in [0, 0.05) is 11.1 Å². The first kappa shape index (κ1) is 15.2. The highest BCUT2D eigenvalue weighted by Crippen LogP contribution is 2.31. The van der Waals surface area contributed by atoms with Crippen LogP contribution in [0.2, 0.25) is 5.02 Å². The van der Waals surface area contributed by atoms with E-state index in [2.05, 4.69) is 5.32 Å². The SMILES string of the molecule is Cc1ccc(NC(=O)c2c3c(nc4ccccc24)CCC3)c(Cl)c1. The van der Waals surface area contributed by atoms with Crippen LogP contribution in [-0.2, 0) is 12.8 Å². The number of carbonyl (C=O) groups is 1. The van der Waals surface area contributed by atoms with Crippen LogP contribution in [0.25, 0.3) is 10.9 Å². The summed E-state index contributed by atoms with van der Waals surface area (Å²) in [6.45, 7) is 1.97. The average Bonchev–Trinajstić information content (AvgIpc) is 3.02. The average molecular weight is 337 g/mol. The Hall–Kier alpha value is -2.39. The van der Waals surface area contributed by atoms with Gasteiger partial charge in [0.15, 0.2) is 0 Å². The van der Waals surface area contributed by atoms with E-state index >= 15 is 0 Å². The summed E-state index contributed by atoms with van der Waals surface area (Å²) in [4.78, 5) is 17.8. The Morgan fingerprint density at radius 1 is 1.17 bits per heavy atom. The molecule has 0 bridgehead atoms. The summed E-state index contributed by atoms with van der Waals surface area (Å²) >= 11 is 6.27. The lowest BCUT2D eigenvalue weighted by Crippen LogP contribution is -2.16. The fourth-order valence-electron chi connectivity index (χ4n) is 3.38. The van der Waals surface area contributed by atoms with Crippen molar-refractivity contribution in [1.82, 2.24) is 4.98 Å². The highest BCUT2D eigenvalue weighted by atomic mass is 35.5. The van der Waals surface area contributed by atoms with Crippen LogP contribution in [-0.4, -0.2) is 10.9 Å². The van der Waals surface area contributed by atoms with E-state index in [1.54, 1.807) is 0 Å². The fourth-order valence-corrected chi connectivity index (χ4v) is 3.66. The number of hydrogen-bond acceptors (Lipinski definition) is 2. The Labute approximate surface area is 145 Å². The molecule has 0 aliphatic heterocycles. The number of amides is 1. The van der Waals surface area contributed by atoms with E-state index < -0.39 is 0 Å². The van der Waals surface area contributed by atoms with Gasteiger partial charge in [-0.05, 0) is 55.5 Å². The summed E-state index contributed by atoms with van der Waals surface area (Å²) in [6.07, 6.45) is 2.88. The molecule has 0 fully saturated rings. The van der Waals surface area contributed by atoms with E-state index in [-0.39, 0.29) is 5.91 Å². The van der Waals surface area contributed by atoms with Crippen LogP contribution >= 0.6 is 11.6 Å². The zero-order valence-corrected chi connectivity index (χ0v) is 14.2. The van der Waals surface area contributed by atoms with Crippen LogP contribution in [0.3, 0.4) is 0 Å². The van der Waals surface area contributed by atoms with Crippen molar-refractivity contribution in [2.45, 2.75) is 26.2 Å². The number of halogens is 1. The molecule has 1 heterocycles. The number of nitrogens with zero attached hydrogens (tertiary/aromatic N) is 1. The summed E-state index contributed by atoms with van der Waals surface area (Å²) in [5.41, 5.74) is 5.44. The zero-order chi connectivity index (χ0) is 16.7. The first-order valence-electron chi connectivity index (χ1n) is 8.11. The van der Waals surface area contributed by atoms with E-state index in [1.165, 1.54) is 0 Å². The molecule has 0 atom stereocenters. The van der Waals surface area contributed by atoms with Crippen LogP contribution in [0.1, 0.15) is 33.6 Å². The molecule has 1 aliphatic carbocycles. The van der Waals surface area contributed by atoms with Crippen molar-refractivity contribution in [1.29, 1.82) is 0 Å². The quantitative estimate of drug-likeness (QED) is 0.720. The molecule has 3 aromatic rings. The summed E-state index contributed by atoms with van der Waals surface area (Å²) in [6, 6.07) is 13.5. The van der Waals surface area contributed by atoms with Gasteiger partial charge in [-0.1, -0.05) is 35.9 Å². The number of aromatic nitrogens is 1. The molecular formula is C20H17ClN2O. The Kier molecular flexibility index (Phi) is 3.73. The van der Waals surface area contributed by atoms with Crippen LogP contribution in [0.4, 0.5) is 5.69 Å². The Morgan fingerprint density at radius 3 is 2.83 bits per heavy atom. The minimum absolute atomic E-state index is 0.113. The maximum atomic E-state index is 13.0. The van der Waals surface area contributed by atoms with Crippen LogP contribution in [0.15, 0.2) is 42.5 Å². The third-order valence-electron chi connectivity index (χ3n) is 4.52. The van der Waals surface area contributed by atoms with Gasteiger partial charge in [0.1, 0.15) is 0 Å². The highest BCUT2D eigenvalue weighted by molar-refractivity contribution is 6.34. The van der Waals surface area contributed by atoms with Crippen molar-refractivity contribution < 1.29 is 4.79 Å². The molecule has 0 saturated heterocycles. The van der Waals surface area contributed by atoms with Gasteiger partial charge in [-0.2, -0.15) is 0 Å². The maximum Gasteiger partial charge on any atom is 0.256 e. The van der Waals surface area contributed by atoms with Crippen LogP contribution in [0, 0.1) is 6.92 Å². The smallest absolute Gasteiger partial charge is 0.256 e. The number of fused-ring (bicyclic) bond motifs is 2. The molecular weight excluding hydrogens is 320 g/mol. The second-order valence-corrected chi connectivity index (χ2v) is 6.63. The minimum atomic E-state index is -0.113. The van der Waals surface area contributed by atoms with Crippen molar-refractivity contribution in [3.63, 3.8) is 0 Å². The van der Waals surface area contributed by atoms with Gasteiger partial charge in [0.05, 0.1) is 21.8 Å². The molecule has 120 valence electrons. The van der Waals surface area contributed by atoms with Crippen molar-refractivity contribution >= 4 is 34.1 Å². The molecule has 1 N–H and O–H groups in total. The highest BCUT2D eigenvalue weighted by Gasteiger charge is 2.24. The first-order valence-corrected chi connectivity index (χ1v) is 8.49. The molecule has 1 aromatic heterocycles. The lowest BCUT2D eigenvalue weighted by molar-refractivity contribution is 0.102. The summed E-state index contributed by atoms with van der Waals surface area (Å²) in [5.74, 6) is -0.113. The molecule has 2 aromatic carbocycles. The fraction of sp³-hybridized carbons (Fsp3) is 0.200. The summed E-state index contributed by atoms with van der Waals surface area (Å²) < 4.78 is 0. The van der Waals surface area contributed by atoms with Gasteiger partial charge in [-0.3, -0.25) is 9.78 Å². The second kappa shape index (κ2) is 5.91. The summed E-state index contributed by atoms with van der Waals surface area (Å²) in [5, 5.41) is 4.43. The minimum Gasteiger partial charge on any atom is -0.321 e. The lowest BCUT2D eigenvalue weighted by atomic mass is 10.0. The molecule has 0 radical (unpaired) electrons. The van der Waals surface area contributed by atoms with Crippen LogP contribution in [0.5, 0.6) is 0 Å².